The highest BCUT2D eigenvalue weighted by Gasteiger charge is 2.21. The molecule has 0 aliphatic carbocycles. The molecule has 0 aliphatic rings. The van der Waals surface area contributed by atoms with Gasteiger partial charge in [-0.3, -0.25) is 4.68 Å². The van der Waals surface area contributed by atoms with Gasteiger partial charge in [-0.15, -0.1) is 5.10 Å². The molecule has 0 radical (unpaired) electrons. The fourth-order valence-electron chi connectivity index (χ4n) is 1.47. The third kappa shape index (κ3) is 6.01. The summed E-state index contributed by atoms with van der Waals surface area (Å²) < 4.78 is 6.91. The van der Waals surface area contributed by atoms with E-state index in [0.717, 1.165) is 5.69 Å². The summed E-state index contributed by atoms with van der Waals surface area (Å²) >= 11 is 0. The maximum Gasteiger partial charge on any atom is 0.407 e. The van der Waals surface area contributed by atoms with Crippen LogP contribution in [0.2, 0.25) is 0 Å². The Kier molecular flexibility index (Phi) is 5.10. The second-order valence-electron chi connectivity index (χ2n) is 6.44. The zero-order valence-corrected chi connectivity index (χ0v) is 13.1. The molecule has 0 atom stereocenters. The fraction of sp³-hybridized carbons (Fsp3) is 0.769. The Morgan fingerprint density at radius 3 is 2.50 bits per heavy atom. The number of carbonyl (C=O) groups is 1. The number of hydrogen-bond donors (Lipinski definition) is 2. The first kappa shape index (κ1) is 16.4. The van der Waals surface area contributed by atoms with Crippen molar-refractivity contribution in [2.75, 3.05) is 6.54 Å². The second-order valence-corrected chi connectivity index (χ2v) is 6.44. The van der Waals surface area contributed by atoms with Crippen LogP contribution in [0.1, 0.15) is 40.3 Å². The van der Waals surface area contributed by atoms with Crippen LogP contribution in [0.15, 0.2) is 6.20 Å². The molecule has 0 saturated carbocycles. The van der Waals surface area contributed by atoms with Crippen LogP contribution in [0.3, 0.4) is 0 Å². The highest BCUT2D eigenvalue weighted by molar-refractivity contribution is 5.67. The van der Waals surface area contributed by atoms with Crippen molar-refractivity contribution in [1.29, 1.82) is 0 Å². The van der Waals surface area contributed by atoms with E-state index in [9.17, 15) is 4.79 Å². The molecule has 7 nitrogen and oxygen atoms in total. The molecule has 0 fully saturated rings. The molecule has 2 N–H and O–H groups in total. The van der Waals surface area contributed by atoms with Gasteiger partial charge in [0.25, 0.3) is 0 Å². The monoisotopic (exact) mass is 283 g/mol. The first-order valence-electron chi connectivity index (χ1n) is 6.64. The van der Waals surface area contributed by atoms with Crippen LogP contribution in [0.4, 0.5) is 4.79 Å². The van der Waals surface area contributed by atoms with Crippen molar-refractivity contribution in [2.45, 2.75) is 52.3 Å². The summed E-state index contributed by atoms with van der Waals surface area (Å²) in [5.74, 6) is 0. The third-order valence-electron chi connectivity index (χ3n) is 2.63. The molecule has 20 heavy (non-hydrogen) atoms. The number of rotatable bonds is 5. The Balaban J connectivity index is 2.38. The number of nitrogens with zero attached hydrogens (tertiary/aromatic N) is 3. The van der Waals surface area contributed by atoms with Gasteiger partial charge in [-0.2, -0.15) is 0 Å². The summed E-state index contributed by atoms with van der Waals surface area (Å²) in [7, 11) is 1.84. The molecule has 1 aromatic heterocycles. The first-order valence-corrected chi connectivity index (χ1v) is 6.64. The van der Waals surface area contributed by atoms with Crippen molar-refractivity contribution in [3.05, 3.63) is 11.9 Å². The van der Waals surface area contributed by atoms with E-state index in [1.165, 1.54) is 0 Å². The predicted octanol–water partition coefficient (Wildman–Crippen LogP) is 1.21. The van der Waals surface area contributed by atoms with E-state index in [4.69, 9.17) is 4.74 Å². The van der Waals surface area contributed by atoms with Gasteiger partial charge in [0.1, 0.15) is 5.60 Å². The number of alkyl carbamates (subject to hydrolysis) is 1. The van der Waals surface area contributed by atoms with Gasteiger partial charge < -0.3 is 15.4 Å². The molecule has 1 amide bonds. The van der Waals surface area contributed by atoms with Gasteiger partial charge in [0.05, 0.1) is 11.9 Å². The van der Waals surface area contributed by atoms with Gasteiger partial charge in [-0.05, 0) is 34.6 Å². The van der Waals surface area contributed by atoms with Gasteiger partial charge in [-0.25, -0.2) is 4.79 Å². The topological polar surface area (TPSA) is 81.1 Å². The number of nitrogens with one attached hydrogen (secondary N) is 2. The molecule has 1 rings (SSSR count). The summed E-state index contributed by atoms with van der Waals surface area (Å²) in [4.78, 5) is 11.6. The van der Waals surface area contributed by atoms with Crippen molar-refractivity contribution in [3.8, 4) is 0 Å². The zero-order valence-electron chi connectivity index (χ0n) is 13.1. The Hall–Kier alpha value is -1.63. The van der Waals surface area contributed by atoms with E-state index in [0.29, 0.717) is 13.1 Å². The molecule has 0 bridgehead atoms. The van der Waals surface area contributed by atoms with Gasteiger partial charge in [0.2, 0.25) is 0 Å². The van der Waals surface area contributed by atoms with Crippen LogP contribution in [-0.4, -0.2) is 38.8 Å². The van der Waals surface area contributed by atoms with Gasteiger partial charge >= 0.3 is 6.09 Å². The molecule has 0 aromatic carbocycles. The maximum absolute atomic E-state index is 11.6. The van der Waals surface area contributed by atoms with Gasteiger partial charge in [0, 0.05) is 25.7 Å². The Labute approximate surface area is 120 Å². The smallest absolute Gasteiger partial charge is 0.407 e. The molecular formula is C13H25N5O2. The lowest BCUT2D eigenvalue weighted by molar-refractivity contribution is 0.0513. The molecule has 0 spiro atoms. The highest BCUT2D eigenvalue weighted by atomic mass is 16.6. The minimum absolute atomic E-state index is 0.263. The summed E-state index contributed by atoms with van der Waals surface area (Å²) in [5.41, 5.74) is 0.235. The van der Waals surface area contributed by atoms with Crippen LogP contribution in [-0.2, 0) is 18.3 Å². The van der Waals surface area contributed by atoms with E-state index in [2.05, 4.69) is 20.9 Å². The van der Waals surface area contributed by atoms with Crippen molar-refractivity contribution >= 4 is 6.09 Å². The van der Waals surface area contributed by atoms with E-state index >= 15 is 0 Å². The first-order chi connectivity index (χ1) is 9.09. The van der Waals surface area contributed by atoms with Crippen LogP contribution in [0.25, 0.3) is 0 Å². The molecule has 0 unspecified atom stereocenters. The minimum atomic E-state index is -0.484. The summed E-state index contributed by atoms with van der Waals surface area (Å²) in [6.45, 7) is 10.6. The quantitative estimate of drug-likeness (QED) is 0.849. The highest BCUT2D eigenvalue weighted by Crippen LogP contribution is 2.08. The molecule has 1 heterocycles. The standard InChI is InChI=1S/C13H25N5O2/c1-12(2,3)20-11(19)14-9-13(4,5)15-7-10-8-16-17-18(10)6/h8,15H,7,9H2,1-6H3,(H,14,19). The number of hydrogen-bond acceptors (Lipinski definition) is 5. The maximum atomic E-state index is 11.6. The van der Waals surface area contributed by atoms with E-state index < -0.39 is 11.7 Å². The molecule has 0 aliphatic heterocycles. The van der Waals surface area contributed by atoms with E-state index in [1.54, 1.807) is 10.9 Å². The summed E-state index contributed by atoms with van der Waals surface area (Å²) in [6.07, 6.45) is 1.30. The second kappa shape index (κ2) is 6.21. The SMILES string of the molecule is Cn1nncc1CNC(C)(C)CNC(=O)OC(C)(C)C. The number of aryl methyl sites for hydroxylation is 1. The molecule has 0 saturated heterocycles. The van der Waals surface area contributed by atoms with Gasteiger partial charge in [0.15, 0.2) is 0 Å². The zero-order chi connectivity index (χ0) is 15.4. The average molecular weight is 283 g/mol. The van der Waals surface area contributed by atoms with Crippen LogP contribution < -0.4 is 10.6 Å². The minimum Gasteiger partial charge on any atom is -0.444 e. The van der Waals surface area contributed by atoms with Crippen LogP contribution in [0.5, 0.6) is 0 Å². The summed E-state index contributed by atoms with van der Waals surface area (Å²) in [5, 5.41) is 13.8. The number of ether oxygens (including phenoxy) is 1. The lowest BCUT2D eigenvalue weighted by atomic mass is 10.1. The van der Waals surface area contributed by atoms with Crippen molar-refractivity contribution in [2.24, 2.45) is 7.05 Å². The lowest BCUT2D eigenvalue weighted by Gasteiger charge is -2.27. The van der Waals surface area contributed by atoms with E-state index in [1.807, 2.05) is 41.7 Å². The number of aromatic nitrogens is 3. The predicted molar refractivity (Wildman–Crippen MR) is 76.2 cm³/mol. The van der Waals surface area contributed by atoms with Crippen LogP contribution >= 0.6 is 0 Å². The van der Waals surface area contributed by atoms with Gasteiger partial charge in [-0.1, -0.05) is 5.21 Å². The lowest BCUT2D eigenvalue weighted by Crippen LogP contribution is -2.49. The average Bonchev–Trinajstić information content (AvgIpc) is 2.68. The summed E-state index contributed by atoms with van der Waals surface area (Å²) in [6, 6.07) is 0. The largest absolute Gasteiger partial charge is 0.444 e. The van der Waals surface area contributed by atoms with Crippen molar-refractivity contribution in [3.63, 3.8) is 0 Å². The van der Waals surface area contributed by atoms with Crippen molar-refractivity contribution < 1.29 is 9.53 Å². The number of amides is 1. The molecule has 1 aromatic rings. The van der Waals surface area contributed by atoms with Crippen molar-refractivity contribution in [1.82, 2.24) is 25.6 Å². The van der Waals surface area contributed by atoms with E-state index in [-0.39, 0.29) is 5.54 Å². The molecular weight excluding hydrogens is 258 g/mol. The normalized spacial score (nSPS) is 12.3. The Morgan fingerprint density at radius 2 is 2.00 bits per heavy atom. The Morgan fingerprint density at radius 1 is 1.35 bits per heavy atom. The molecule has 114 valence electrons. The number of carbonyl (C=O) groups excluding carboxylic acids is 1. The Bertz CT molecular complexity index is 448. The fourth-order valence-corrected chi connectivity index (χ4v) is 1.47. The van der Waals surface area contributed by atoms with Crippen LogP contribution in [0, 0.1) is 0 Å². The molecule has 7 heteroatoms. The third-order valence-corrected chi connectivity index (χ3v) is 2.63.